The molecule has 4 aromatic rings. The number of hydrogen-bond acceptors (Lipinski definition) is 4. The molecule has 0 aliphatic rings. The minimum atomic E-state index is -1.35. The molecule has 4 rings (SSSR count). The second kappa shape index (κ2) is 9.62. The summed E-state index contributed by atoms with van der Waals surface area (Å²) in [7, 11) is 0. The largest absolute Gasteiger partial charge is 0.545 e. The first-order chi connectivity index (χ1) is 16.0. The third kappa shape index (κ3) is 5.14. The Labute approximate surface area is 190 Å². The number of fused-ring (bicyclic) bond motifs is 1. The first-order valence-corrected chi connectivity index (χ1v) is 10.2. The minimum absolute atomic E-state index is 0.0120. The molecule has 0 saturated carbocycles. The summed E-state index contributed by atoms with van der Waals surface area (Å²) in [4.78, 5) is 37.3. The number of carboxylic acids is 1. The summed E-state index contributed by atoms with van der Waals surface area (Å²) in [5.41, 5.74) is 1.35. The van der Waals surface area contributed by atoms with Crippen molar-refractivity contribution in [2.24, 2.45) is 0 Å². The van der Waals surface area contributed by atoms with E-state index in [9.17, 15) is 19.5 Å². The van der Waals surface area contributed by atoms with Gasteiger partial charge < -0.3 is 20.5 Å². The van der Waals surface area contributed by atoms with Gasteiger partial charge in [-0.25, -0.2) is 0 Å². The van der Waals surface area contributed by atoms with Crippen LogP contribution < -0.4 is 15.7 Å². The van der Waals surface area contributed by atoms with Crippen molar-refractivity contribution in [2.45, 2.75) is 0 Å². The number of anilines is 1. The van der Waals surface area contributed by atoms with Crippen molar-refractivity contribution in [3.63, 3.8) is 0 Å². The lowest BCUT2D eigenvalue weighted by molar-refractivity contribution is -0.255. The molecule has 0 unspecified atom stereocenters. The van der Waals surface area contributed by atoms with Gasteiger partial charge >= 0.3 is 0 Å². The Morgan fingerprint density at radius 3 is 2.24 bits per heavy atom. The van der Waals surface area contributed by atoms with E-state index in [0.29, 0.717) is 11.1 Å². The second-order valence-electron chi connectivity index (χ2n) is 7.27. The molecule has 6 heteroatoms. The van der Waals surface area contributed by atoms with E-state index in [0.717, 1.165) is 10.8 Å². The fourth-order valence-corrected chi connectivity index (χ4v) is 3.41. The topological polar surface area (TPSA) is 98.3 Å². The van der Waals surface area contributed by atoms with Gasteiger partial charge in [0.15, 0.2) is 0 Å². The standard InChI is InChI=1S/C27H20N2O4/c30-25(23-15-7-11-19-10-4-5-14-22(19)23)29-24(16-18-8-2-1-3-9-18)26(31)28-21-13-6-12-20(17-21)27(32)33/h1-17H,(H,28,31)(H,29,30)(H,32,33)/p-1/b24-16-. The highest BCUT2D eigenvalue weighted by Gasteiger charge is 2.17. The molecule has 0 aromatic heterocycles. The third-order valence-electron chi connectivity index (χ3n) is 4.99. The van der Waals surface area contributed by atoms with Crippen LogP contribution in [0.4, 0.5) is 5.69 Å². The van der Waals surface area contributed by atoms with Crippen LogP contribution in [-0.4, -0.2) is 17.8 Å². The zero-order chi connectivity index (χ0) is 23.2. The van der Waals surface area contributed by atoms with E-state index in [4.69, 9.17) is 0 Å². The molecule has 0 fully saturated rings. The lowest BCUT2D eigenvalue weighted by Gasteiger charge is -2.13. The van der Waals surface area contributed by atoms with E-state index in [1.54, 1.807) is 36.4 Å². The van der Waals surface area contributed by atoms with Gasteiger partial charge in [0.2, 0.25) is 0 Å². The van der Waals surface area contributed by atoms with Crippen LogP contribution in [0, 0.1) is 0 Å². The van der Waals surface area contributed by atoms with Gasteiger partial charge in [-0.3, -0.25) is 9.59 Å². The van der Waals surface area contributed by atoms with Gasteiger partial charge in [-0.15, -0.1) is 0 Å². The van der Waals surface area contributed by atoms with Gasteiger partial charge in [0.1, 0.15) is 5.70 Å². The molecule has 0 aliphatic carbocycles. The number of rotatable bonds is 6. The van der Waals surface area contributed by atoms with Crippen molar-refractivity contribution in [2.75, 3.05) is 5.32 Å². The monoisotopic (exact) mass is 435 g/mol. The highest BCUT2D eigenvalue weighted by Crippen LogP contribution is 2.19. The SMILES string of the molecule is O=C(Nc1cccc(C(=O)[O-])c1)/C(=C/c1ccccc1)NC(=O)c1cccc2ccccc12. The lowest BCUT2D eigenvalue weighted by atomic mass is 10.0. The summed E-state index contributed by atoms with van der Waals surface area (Å²) in [6, 6.07) is 27.6. The van der Waals surface area contributed by atoms with Crippen LogP contribution in [0.3, 0.4) is 0 Å². The smallest absolute Gasteiger partial charge is 0.272 e. The molecule has 0 spiro atoms. The predicted octanol–water partition coefficient (Wildman–Crippen LogP) is 3.61. The van der Waals surface area contributed by atoms with E-state index < -0.39 is 17.8 Å². The number of benzene rings is 4. The van der Waals surface area contributed by atoms with Crippen LogP contribution in [0.1, 0.15) is 26.3 Å². The summed E-state index contributed by atoms with van der Waals surface area (Å²) in [5, 5.41) is 18.2. The molecule has 33 heavy (non-hydrogen) atoms. The highest BCUT2D eigenvalue weighted by atomic mass is 16.4. The molecule has 6 nitrogen and oxygen atoms in total. The number of amides is 2. The Morgan fingerprint density at radius 2 is 1.45 bits per heavy atom. The third-order valence-corrected chi connectivity index (χ3v) is 4.99. The predicted molar refractivity (Wildman–Crippen MR) is 125 cm³/mol. The molecule has 0 bridgehead atoms. The molecule has 2 amide bonds. The van der Waals surface area contributed by atoms with Crippen molar-refractivity contribution >= 4 is 40.3 Å². The summed E-state index contributed by atoms with van der Waals surface area (Å²) in [6.07, 6.45) is 1.56. The number of carbonyl (C=O) groups is 3. The van der Waals surface area contributed by atoms with Crippen LogP contribution in [0.2, 0.25) is 0 Å². The summed E-state index contributed by atoms with van der Waals surface area (Å²) in [6.45, 7) is 0. The van der Waals surface area contributed by atoms with Gasteiger partial charge in [0.25, 0.3) is 11.8 Å². The zero-order valence-corrected chi connectivity index (χ0v) is 17.4. The Hall–Kier alpha value is -4.71. The molecule has 0 aliphatic heterocycles. The minimum Gasteiger partial charge on any atom is -0.545 e. The Balaban J connectivity index is 1.66. The maximum atomic E-state index is 13.1. The summed E-state index contributed by atoms with van der Waals surface area (Å²) < 4.78 is 0. The van der Waals surface area contributed by atoms with Crippen LogP contribution in [-0.2, 0) is 4.79 Å². The number of aromatic carboxylic acids is 1. The van der Waals surface area contributed by atoms with E-state index >= 15 is 0 Å². The summed E-state index contributed by atoms with van der Waals surface area (Å²) in [5.74, 6) is -2.38. The first kappa shape index (κ1) is 21.5. The Kier molecular flexibility index (Phi) is 6.27. The van der Waals surface area contributed by atoms with Crippen LogP contribution in [0.5, 0.6) is 0 Å². The number of carbonyl (C=O) groups excluding carboxylic acids is 3. The number of hydrogen-bond donors (Lipinski definition) is 2. The molecule has 162 valence electrons. The van der Waals surface area contributed by atoms with Gasteiger partial charge in [-0.05, 0) is 46.2 Å². The van der Waals surface area contributed by atoms with Gasteiger partial charge in [0.05, 0.1) is 5.97 Å². The molecule has 0 radical (unpaired) electrons. The molecular formula is C27H19N2O4-. The number of carboxylic acid groups (broad SMARTS) is 1. The molecule has 2 N–H and O–H groups in total. The highest BCUT2D eigenvalue weighted by molar-refractivity contribution is 6.14. The average Bonchev–Trinajstić information content (AvgIpc) is 2.84. The average molecular weight is 435 g/mol. The van der Waals surface area contributed by atoms with Crippen molar-refractivity contribution < 1.29 is 19.5 Å². The quantitative estimate of drug-likeness (QED) is 0.452. The van der Waals surface area contributed by atoms with E-state index in [2.05, 4.69) is 10.6 Å². The zero-order valence-electron chi connectivity index (χ0n) is 17.4. The van der Waals surface area contributed by atoms with Crippen LogP contribution in [0.15, 0.2) is 103 Å². The molecule has 4 aromatic carbocycles. The molecular weight excluding hydrogens is 416 g/mol. The fourth-order valence-electron chi connectivity index (χ4n) is 3.41. The van der Waals surface area contributed by atoms with E-state index in [1.807, 2.05) is 48.5 Å². The van der Waals surface area contributed by atoms with Crippen LogP contribution in [0.25, 0.3) is 16.8 Å². The lowest BCUT2D eigenvalue weighted by Crippen LogP contribution is -2.31. The van der Waals surface area contributed by atoms with Crippen LogP contribution >= 0.6 is 0 Å². The maximum Gasteiger partial charge on any atom is 0.272 e. The Bertz CT molecular complexity index is 1370. The van der Waals surface area contributed by atoms with Gasteiger partial charge in [-0.2, -0.15) is 0 Å². The molecule has 0 atom stereocenters. The van der Waals surface area contributed by atoms with Crippen molar-refractivity contribution in [1.82, 2.24) is 5.32 Å². The normalized spacial score (nSPS) is 11.1. The molecule has 0 saturated heterocycles. The Morgan fingerprint density at radius 1 is 0.758 bits per heavy atom. The van der Waals surface area contributed by atoms with E-state index in [1.165, 1.54) is 18.2 Å². The van der Waals surface area contributed by atoms with Gasteiger partial charge in [-0.1, -0.05) is 78.9 Å². The van der Waals surface area contributed by atoms with Crippen molar-refractivity contribution in [1.29, 1.82) is 0 Å². The van der Waals surface area contributed by atoms with Crippen molar-refractivity contribution in [3.05, 3.63) is 119 Å². The summed E-state index contributed by atoms with van der Waals surface area (Å²) >= 11 is 0. The van der Waals surface area contributed by atoms with Gasteiger partial charge in [0, 0.05) is 11.3 Å². The van der Waals surface area contributed by atoms with Crippen molar-refractivity contribution in [3.8, 4) is 0 Å². The molecule has 0 heterocycles. The second-order valence-corrected chi connectivity index (χ2v) is 7.27. The maximum absolute atomic E-state index is 13.1. The van der Waals surface area contributed by atoms with E-state index in [-0.39, 0.29) is 16.9 Å². The fraction of sp³-hybridized carbons (Fsp3) is 0. The first-order valence-electron chi connectivity index (χ1n) is 10.2. The number of nitrogens with one attached hydrogen (secondary N) is 2.